The van der Waals surface area contributed by atoms with Crippen LogP contribution in [0, 0.1) is 0 Å². The zero-order chi connectivity index (χ0) is 16.0. The van der Waals surface area contributed by atoms with E-state index >= 15 is 0 Å². The van der Waals surface area contributed by atoms with Gasteiger partial charge in [0.05, 0.1) is 11.4 Å². The number of aromatic hydroxyl groups is 1. The monoisotopic (exact) mass is 326 g/mol. The minimum absolute atomic E-state index is 0.179. The number of phenolic OH excluding ortho intramolecular Hbond substituents is 1. The van der Waals surface area contributed by atoms with Gasteiger partial charge in [0.15, 0.2) is 5.82 Å². The molecule has 0 saturated carbocycles. The number of halogens is 1. The summed E-state index contributed by atoms with van der Waals surface area (Å²) in [4.78, 5) is 16.7. The topological polar surface area (TPSA) is 83.3 Å². The van der Waals surface area contributed by atoms with Crippen molar-refractivity contribution >= 4 is 17.3 Å². The number of benzene rings is 2. The molecule has 1 aliphatic heterocycles. The molecule has 0 amide bonds. The molecule has 1 aromatic heterocycles. The lowest BCUT2D eigenvalue weighted by atomic mass is 10.0. The van der Waals surface area contributed by atoms with Gasteiger partial charge >= 0.3 is 5.69 Å². The van der Waals surface area contributed by atoms with Crippen LogP contribution in [0.5, 0.6) is 5.75 Å². The number of aliphatic imine (C=N–C) groups is 1. The van der Waals surface area contributed by atoms with E-state index < -0.39 is 0 Å². The molecular formula is C16H11ClN4O2. The van der Waals surface area contributed by atoms with Gasteiger partial charge in [0, 0.05) is 16.1 Å². The molecule has 7 heteroatoms. The average Bonchev–Trinajstić information content (AvgIpc) is 2.82. The summed E-state index contributed by atoms with van der Waals surface area (Å²) in [5.74, 6) is 0.714. The number of aromatic nitrogens is 3. The van der Waals surface area contributed by atoms with Gasteiger partial charge in [-0.25, -0.2) is 14.5 Å². The highest BCUT2D eigenvalue weighted by Gasteiger charge is 2.21. The molecule has 0 saturated heterocycles. The third kappa shape index (κ3) is 2.24. The molecule has 0 aliphatic carbocycles. The fraction of sp³-hybridized carbons (Fsp3) is 0.0625. The van der Waals surface area contributed by atoms with Gasteiger partial charge in [0.1, 0.15) is 12.3 Å². The average molecular weight is 327 g/mol. The van der Waals surface area contributed by atoms with Gasteiger partial charge in [0.2, 0.25) is 0 Å². The molecule has 0 spiro atoms. The maximum absolute atomic E-state index is 12.1. The molecule has 0 bridgehead atoms. The van der Waals surface area contributed by atoms with Crippen molar-refractivity contribution in [1.29, 1.82) is 0 Å². The van der Waals surface area contributed by atoms with Gasteiger partial charge in [-0.05, 0) is 42.5 Å². The van der Waals surface area contributed by atoms with Crippen molar-refractivity contribution in [2.24, 2.45) is 4.99 Å². The minimum atomic E-state index is -0.314. The summed E-state index contributed by atoms with van der Waals surface area (Å²) in [7, 11) is 0. The van der Waals surface area contributed by atoms with Gasteiger partial charge in [-0.3, -0.25) is 4.99 Å². The molecule has 6 nitrogen and oxygen atoms in total. The second kappa shape index (κ2) is 5.10. The van der Waals surface area contributed by atoms with Gasteiger partial charge in [-0.2, -0.15) is 5.10 Å². The normalized spacial score (nSPS) is 13.0. The minimum Gasteiger partial charge on any atom is -0.508 e. The van der Waals surface area contributed by atoms with E-state index in [4.69, 9.17) is 11.6 Å². The fourth-order valence-corrected chi connectivity index (χ4v) is 2.85. The molecule has 2 N–H and O–H groups in total. The highest BCUT2D eigenvalue weighted by atomic mass is 35.5. The van der Waals surface area contributed by atoms with E-state index in [9.17, 15) is 9.90 Å². The molecule has 0 fully saturated rings. The Balaban J connectivity index is 2.00. The standard InChI is InChI=1S/C16H11ClN4O2/c17-10-3-6-13-12(7-10)15(9-1-4-11(22)5-2-9)18-8-14-19-20-16(23)21(13)14/h1-7,22H,8H2,(H,20,23). The van der Waals surface area contributed by atoms with E-state index in [2.05, 4.69) is 15.2 Å². The first-order chi connectivity index (χ1) is 11.1. The lowest BCUT2D eigenvalue weighted by Crippen LogP contribution is -2.18. The Morgan fingerprint density at radius 3 is 2.74 bits per heavy atom. The van der Waals surface area contributed by atoms with Crippen LogP contribution in [0.15, 0.2) is 52.3 Å². The summed E-state index contributed by atoms with van der Waals surface area (Å²) in [5.41, 5.74) is 2.63. The summed E-state index contributed by atoms with van der Waals surface area (Å²) < 4.78 is 1.50. The number of nitrogens with zero attached hydrogens (tertiary/aromatic N) is 3. The maximum atomic E-state index is 12.1. The van der Waals surface area contributed by atoms with E-state index in [0.29, 0.717) is 22.2 Å². The number of aromatic amines is 1. The van der Waals surface area contributed by atoms with Crippen LogP contribution in [0.1, 0.15) is 17.0 Å². The summed E-state index contributed by atoms with van der Waals surface area (Å²) in [5, 5.41) is 16.5. The molecule has 4 rings (SSSR count). The zero-order valence-corrected chi connectivity index (χ0v) is 12.6. The Hall–Kier alpha value is -2.86. The molecule has 3 aromatic rings. The number of phenols is 1. The van der Waals surface area contributed by atoms with Crippen LogP contribution in [0.4, 0.5) is 0 Å². The number of hydrogen-bond acceptors (Lipinski definition) is 4. The molecule has 0 atom stereocenters. The second-order valence-electron chi connectivity index (χ2n) is 5.15. The number of rotatable bonds is 1. The van der Waals surface area contributed by atoms with Crippen LogP contribution >= 0.6 is 11.6 Å². The van der Waals surface area contributed by atoms with Crippen LogP contribution < -0.4 is 5.69 Å². The zero-order valence-electron chi connectivity index (χ0n) is 11.8. The first-order valence-corrected chi connectivity index (χ1v) is 7.32. The molecule has 114 valence electrons. The molecule has 0 radical (unpaired) electrons. The van der Waals surface area contributed by atoms with E-state index in [1.165, 1.54) is 4.57 Å². The Kier molecular flexibility index (Phi) is 3.06. The first kappa shape index (κ1) is 13.8. The smallest absolute Gasteiger partial charge is 0.348 e. The summed E-state index contributed by atoms with van der Waals surface area (Å²) in [6, 6.07) is 12.0. The van der Waals surface area contributed by atoms with Crippen LogP contribution in [0.3, 0.4) is 0 Å². The molecule has 1 aliphatic rings. The van der Waals surface area contributed by atoms with Crippen molar-refractivity contribution in [2.75, 3.05) is 0 Å². The third-order valence-corrected chi connectivity index (χ3v) is 3.95. The first-order valence-electron chi connectivity index (χ1n) is 6.94. The third-order valence-electron chi connectivity index (χ3n) is 3.72. The van der Waals surface area contributed by atoms with Gasteiger partial charge in [-0.1, -0.05) is 11.6 Å². The molecule has 0 unspecified atom stereocenters. The van der Waals surface area contributed by atoms with Crippen LogP contribution in [-0.4, -0.2) is 25.6 Å². The molecule has 23 heavy (non-hydrogen) atoms. The van der Waals surface area contributed by atoms with Crippen LogP contribution in [-0.2, 0) is 6.54 Å². The summed E-state index contributed by atoms with van der Waals surface area (Å²) in [6.45, 7) is 0.265. The fourth-order valence-electron chi connectivity index (χ4n) is 2.68. The Morgan fingerprint density at radius 1 is 1.17 bits per heavy atom. The molecular weight excluding hydrogens is 316 g/mol. The van der Waals surface area contributed by atoms with Crippen molar-refractivity contribution in [1.82, 2.24) is 14.8 Å². The second-order valence-corrected chi connectivity index (χ2v) is 5.59. The molecule has 2 aromatic carbocycles. The van der Waals surface area contributed by atoms with Gasteiger partial charge in [0.25, 0.3) is 0 Å². The number of H-pyrrole nitrogens is 1. The Labute approximate surface area is 135 Å². The Morgan fingerprint density at radius 2 is 1.96 bits per heavy atom. The van der Waals surface area contributed by atoms with E-state index in [0.717, 1.165) is 11.1 Å². The van der Waals surface area contributed by atoms with Crippen molar-refractivity contribution < 1.29 is 5.11 Å². The van der Waals surface area contributed by atoms with Gasteiger partial charge in [-0.15, -0.1) is 0 Å². The highest BCUT2D eigenvalue weighted by Crippen LogP contribution is 2.26. The number of hydrogen-bond donors (Lipinski definition) is 2. The predicted molar refractivity (Wildman–Crippen MR) is 86.6 cm³/mol. The summed E-state index contributed by atoms with van der Waals surface area (Å²) >= 11 is 6.14. The Bertz CT molecular complexity index is 986. The van der Waals surface area contributed by atoms with E-state index in [-0.39, 0.29) is 18.0 Å². The van der Waals surface area contributed by atoms with Crippen molar-refractivity contribution in [3.63, 3.8) is 0 Å². The largest absolute Gasteiger partial charge is 0.508 e. The molecule has 2 heterocycles. The SMILES string of the molecule is O=c1[nH]nc2n1-c1ccc(Cl)cc1C(c1ccc(O)cc1)=NC2. The van der Waals surface area contributed by atoms with Crippen LogP contribution in [0.2, 0.25) is 5.02 Å². The van der Waals surface area contributed by atoms with Crippen LogP contribution in [0.25, 0.3) is 5.69 Å². The number of fused-ring (bicyclic) bond motifs is 3. The van der Waals surface area contributed by atoms with E-state index in [1.54, 1.807) is 42.5 Å². The van der Waals surface area contributed by atoms with Gasteiger partial charge < -0.3 is 5.11 Å². The maximum Gasteiger partial charge on any atom is 0.348 e. The number of nitrogens with one attached hydrogen (secondary N) is 1. The summed E-state index contributed by atoms with van der Waals surface area (Å²) in [6.07, 6.45) is 0. The highest BCUT2D eigenvalue weighted by molar-refractivity contribution is 6.31. The quantitative estimate of drug-likeness (QED) is 0.719. The van der Waals surface area contributed by atoms with E-state index in [1.807, 2.05) is 0 Å². The van der Waals surface area contributed by atoms with Crippen molar-refractivity contribution in [3.05, 3.63) is 74.9 Å². The van der Waals surface area contributed by atoms with Crippen molar-refractivity contribution in [2.45, 2.75) is 6.54 Å². The lowest BCUT2D eigenvalue weighted by molar-refractivity contribution is 0.475. The lowest BCUT2D eigenvalue weighted by Gasteiger charge is -2.11. The van der Waals surface area contributed by atoms with Crippen molar-refractivity contribution in [3.8, 4) is 11.4 Å². The predicted octanol–water partition coefficient (Wildman–Crippen LogP) is 2.27.